The van der Waals surface area contributed by atoms with Crippen molar-refractivity contribution in [3.8, 4) is 0 Å². The Bertz CT molecular complexity index is 703. The molecule has 31 heavy (non-hydrogen) atoms. The summed E-state index contributed by atoms with van der Waals surface area (Å²) in [6, 6.07) is 16.5. The average Bonchev–Trinajstić information content (AvgIpc) is 2.59. The van der Waals surface area contributed by atoms with Gasteiger partial charge in [0.05, 0.1) is 0 Å². The molecule has 4 nitrogen and oxygen atoms in total. The van der Waals surface area contributed by atoms with Crippen molar-refractivity contribution in [3.05, 3.63) is 66.0 Å². The topological polar surface area (TPSA) is 41.6 Å². The molecule has 0 bridgehead atoms. The normalized spacial score (nSPS) is 12.5. The molecule has 6 heteroatoms. The Morgan fingerprint density at radius 3 is 1.94 bits per heavy atom. The zero-order valence-electron chi connectivity index (χ0n) is 17.1. The first-order valence-corrected chi connectivity index (χ1v) is 9.37. The molecular formula is C25H41FN2O2Y. The van der Waals surface area contributed by atoms with Crippen LogP contribution in [-0.2, 0) is 37.4 Å². The van der Waals surface area contributed by atoms with E-state index in [0.717, 1.165) is 18.8 Å². The molecule has 0 atom stereocenters. The molecule has 0 unspecified atom stereocenters. The molecule has 173 valence electrons. The van der Waals surface area contributed by atoms with Crippen LogP contribution in [-0.4, -0.2) is 36.2 Å². The van der Waals surface area contributed by atoms with Gasteiger partial charge < -0.3 is 4.74 Å². The third-order valence-electron chi connectivity index (χ3n) is 4.44. The number of likely N-dealkylation sites (tertiary alicyclic amines) is 1. The van der Waals surface area contributed by atoms with E-state index in [1.54, 1.807) is 0 Å². The summed E-state index contributed by atoms with van der Waals surface area (Å²) >= 11 is 0. The van der Waals surface area contributed by atoms with Gasteiger partial charge in [0.25, 0.3) is 0 Å². The Morgan fingerprint density at radius 2 is 1.48 bits per heavy atom. The number of carbonyl (C=O) groups is 1. The van der Waals surface area contributed by atoms with Crippen molar-refractivity contribution in [2.24, 2.45) is 0 Å². The second kappa shape index (κ2) is 17.3. The van der Waals surface area contributed by atoms with Crippen molar-refractivity contribution in [1.29, 1.82) is 0 Å². The first-order valence-electron chi connectivity index (χ1n) is 9.37. The number of benzene rings is 2. The maximum Gasteiger partial charge on any atom is 0.411 e. The van der Waals surface area contributed by atoms with Crippen LogP contribution in [0.5, 0.6) is 0 Å². The van der Waals surface area contributed by atoms with Gasteiger partial charge >= 0.3 is 6.09 Å². The predicted octanol–water partition coefficient (Wildman–Crippen LogP) is 7.18. The van der Waals surface area contributed by atoms with Gasteiger partial charge in [0.2, 0.25) is 0 Å². The van der Waals surface area contributed by atoms with E-state index in [4.69, 9.17) is 4.74 Å². The second-order valence-corrected chi connectivity index (χ2v) is 7.27. The number of ether oxygens (including phenoxy) is 1. The molecule has 1 N–H and O–H groups in total. The maximum atomic E-state index is 12.4. The second-order valence-electron chi connectivity index (χ2n) is 7.27. The summed E-state index contributed by atoms with van der Waals surface area (Å²) in [4.78, 5) is 13.8. The summed E-state index contributed by atoms with van der Waals surface area (Å²) in [6.07, 6.45) is -0.342. The largest absolute Gasteiger partial charge is 0.443 e. The van der Waals surface area contributed by atoms with Crippen molar-refractivity contribution in [3.63, 3.8) is 0 Å². The van der Waals surface area contributed by atoms with Gasteiger partial charge in [-0.25, -0.2) is 9.18 Å². The number of hydrogen-bond donors (Lipinski definition) is 1. The zero-order valence-corrected chi connectivity index (χ0v) is 19.9. The zero-order chi connectivity index (χ0) is 19.8. The van der Waals surface area contributed by atoms with Crippen LogP contribution in [0, 0.1) is 5.82 Å². The molecule has 0 aliphatic carbocycles. The molecule has 1 aliphatic rings. The number of nitrogens with one attached hydrogen (secondary N) is 1. The van der Waals surface area contributed by atoms with Crippen LogP contribution in [0.15, 0.2) is 54.6 Å². The van der Waals surface area contributed by atoms with Gasteiger partial charge in [-0.15, -0.1) is 0 Å². The van der Waals surface area contributed by atoms with E-state index in [9.17, 15) is 9.18 Å². The molecule has 1 saturated heterocycles. The molecule has 2 aromatic rings. The number of nitrogens with zero attached hydrogens (tertiary/aromatic N) is 1. The molecule has 1 amide bonds. The number of hydrogen-bond acceptors (Lipinski definition) is 3. The van der Waals surface area contributed by atoms with E-state index < -0.39 is 0 Å². The smallest absolute Gasteiger partial charge is 0.411 e. The predicted molar refractivity (Wildman–Crippen MR) is 128 cm³/mol. The average molecular weight is 510 g/mol. The molecule has 0 spiro atoms. The number of carbonyl (C=O) groups excluding carboxylic acids is 1. The molecule has 1 heterocycles. The van der Waals surface area contributed by atoms with E-state index in [1.165, 1.54) is 17.7 Å². The Kier molecular flexibility index (Phi) is 19.1. The fourth-order valence-corrected chi connectivity index (χ4v) is 2.63. The van der Waals surface area contributed by atoms with Crippen LogP contribution in [0.2, 0.25) is 0 Å². The summed E-state index contributed by atoms with van der Waals surface area (Å²) in [5.41, 5.74) is 1.94. The molecule has 1 aliphatic heterocycles. The Balaban J connectivity index is -0.000000493. The Labute approximate surface area is 214 Å². The van der Waals surface area contributed by atoms with Crippen molar-refractivity contribution >= 4 is 11.8 Å². The minimum absolute atomic E-state index is 0. The van der Waals surface area contributed by atoms with Gasteiger partial charge in [-0.3, -0.25) is 10.2 Å². The van der Waals surface area contributed by atoms with Gasteiger partial charge in [-0.2, -0.15) is 0 Å². The standard InChI is InChI=1S/C13H18N2O2.C9H11F.3CH4.Y/c1-10(2)15-8-12(9-15)17-13(16)14-11-6-4-3-5-7-11;1-7(2)8-3-5-9(10)6-4-8;;;;/h3-7,10,12H,8-9H2,1-2H3,(H,14,16);3-7H,1-2H3;3*1H4;. The van der Waals surface area contributed by atoms with Gasteiger partial charge in [0, 0.05) is 57.5 Å². The fraction of sp³-hybridized carbons (Fsp3) is 0.480. The Morgan fingerprint density at radius 1 is 0.968 bits per heavy atom. The quantitative estimate of drug-likeness (QED) is 0.475. The summed E-state index contributed by atoms with van der Waals surface area (Å²) in [5.74, 6) is 0.324. The van der Waals surface area contributed by atoms with Gasteiger partial charge in [-0.1, -0.05) is 66.5 Å². The summed E-state index contributed by atoms with van der Waals surface area (Å²) in [5, 5.41) is 2.71. The van der Waals surface area contributed by atoms with Crippen LogP contribution in [0.4, 0.5) is 14.9 Å². The number of rotatable bonds is 4. The van der Waals surface area contributed by atoms with Crippen molar-refractivity contribution in [1.82, 2.24) is 4.90 Å². The number of amides is 1. The molecule has 2 aromatic carbocycles. The molecule has 0 aromatic heterocycles. The first kappa shape index (κ1) is 34.3. The molecule has 3 rings (SSSR count). The minimum atomic E-state index is -0.371. The van der Waals surface area contributed by atoms with Crippen molar-refractivity contribution in [2.45, 2.75) is 68.0 Å². The molecule has 1 radical (unpaired) electrons. The van der Waals surface area contributed by atoms with Gasteiger partial charge in [-0.05, 0) is 49.6 Å². The fourth-order valence-electron chi connectivity index (χ4n) is 2.63. The van der Waals surface area contributed by atoms with E-state index in [2.05, 4.69) is 37.9 Å². The SMILES string of the molecule is C.C.C.CC(C)N1CC(OC(=O)Nc2ccccc2)C1.CC(C)c1ccc(F)cc1.[Y]. The third kappa shape index (κ3) is 12.4. The van der Waals surface area contributed by atoms with E-state index in [-0.39, 0.29) is 73.0 Å². The molecular weight excluding hydrogens is 468 g/mol. The van der Waals surface area contributed by atoms with Gasteiger partial charge in [0.1, 0.15) is 11.9 Å². The summed E-state index contributed by atoms with van der Waals surface area (Å²) in [7, 11) is 0. The Hall–Kier alpha value is -1.30. The third-order valence-corrected chi connectivity index (χ3v) is 4.44. The van der Waals surface area contributed by atoms with Gasteiger partial charge in [0.15, 0.2) is 0 Å². The van der Waals surface area contributed by atoms with Crippen molar-refractivity contribution in [2.75, 3.05) is 18.4 Å². The van der Waals surface area contributed by atoms with Crippen LogP contribution in [0.25, 0.3) is 0 Å². The number of para-hydroxylation sites is 1. The monoisotopic (exact) mass is 509 g/mol. The molecule has 1 fully saturated rings. The van der Waals surface area contributed by atoms with Crippen LogP contribution in [0.1, 0.15) is 61.5 Å². The van der Waals surface area contributed by atoms with Crippen LogP contribution in [0.3, 0.4) is 0 Å². The maximum absolute atomic E-state index is 12.4. The van der Waals surface area contributed by atoms with Crippen LogP contribution >= 0.6 is 0 Å². The van der Waals surface area contributed by atoms with E-state index in [0.29, 0.717) is 12.0 Å². The van der Waals surface area contributed by atoms with E-state index in [1.807, 2.05) is 42.5 Å². The summed E-state index contributed by atoms with van der Waals surface area (Å²) in [6.45, 7) is 10.1. The number of halogens is 1. The summed E-state index contributed by atoms with van der Waals surface area (Å²) < 4.78 is 17.6. The minimum Gasteiger partial charge on any atom is -0.443 e. The van der Waals surface area contributed by atoms with Crippen molar-refractivity contribution < 1.29 is 46.6 Å². The molecule has 0 saturated carbocycles. The first-order chi connectivity index (χ1) is 12.8. The van der Waals surface area contributed by atoms with Crippen LogP contribution < -0.4 is 5.32 Å². The number of anilines is 1. The van der Waals surface area contributed by atoms with E-state index >= 15 is 0 Å².